The average molecular weight is 261 g/mol. The van der Waals surface area contributed by atoms with Gasteiger partial charge in [-0.25, -0.2) is 0 Å². The van der Waals surface area contributed by atoms with Gasteiger partial charge in [0.05, 0.1) is 0 Å². The van der Waals surface area contributed by atoms with Crippen LogP contribution in [0.4, 0.5) is 0 Å². The molecule has 0 bridgehead atoms. The monoisotopic (exact) mass is 261 g/mol. The van der Waals surface area contributed by atoms with E-state index in [0.29, 0.717) is 23.8 Å². The molecule has 0 radical (unpaired) electrons. The van der Waals surface area contributed by atoms with E-state index in [-0.39, 0.29) is 11.7 Å². The summed E-state index contributed by atoms with van der Waals surface area (Å²) in [7, 11) is 0. The predicted octanol–water partition coefficient (Wildman–Crippen LogP) is 2.33. The van der Waals surface area contributed by atoms with Gasteiger partial charge in [-0.05, 0) is 44.0 Å². The molecule has 4 nitrogen and oxygen atoms in total. The first-order valence-electron chi connectivity index (χ1n) is 6.70. The van der Waals surface area contributed by atoms with Gasteiger partial charge in [-0.3, -0.25) is 9.59 Å². The molecule has 1 atom stereocenters. The van der Waals surface area contributed by atoms with Crippen molar-refractivity contribution < 1.29 is 14.3 Å². The fourth-order valence-electron chi connectivity index (χ4n) is 1.73. The predicted molar refractivity (Wildman–Crippen MR) is 72.3 cm³/mol. The Morgan fingerprint density at radius 1 is 1.32 bits per heavy atom. The number of carbonyl (C=O) groups excluding carboxylic acids is 2. The largest absolute Gasteiger partial charge is 0.481 e. The van der Waals surface area contributed by atoms with E-state index in [2.05, 4.69) is 5.32 Å². The van der Waals surface area contributed by atoms with Crippen LogP contribution < -0.4 is 10.1 Å². The molecular formula is C15H19NO3. The number of rotatable bonds is 6. The molecule has 0 heterocycles. The standard InChI is InChI=1S/C15H19NO3/c1-3-14(17)11-4-8-13(9-5-11)19-10(2)15(18)16-12-6-7-12/h4-5,8-10,12H,3,6-7H2,1-2H3,(H,16,18)/t10-/m0/s1. The van der Waals surface area contributed by atoms with Crippen molar-refractivity contribution in [3.8, 4) is 5.75 Å². The number of amides is 1. The minimum atomic E-state index is -0.520. The van der Waals surface area contributed by atoms with Crippen LogP contribution in [0.25, 0.3) is 0 Å². The van der Waals surface area contributed by atoms with Crippen molar-refractivity contribution in [3.05, 3.63) is 29.8 Å². The lowest BCUT2D eigenvalue weighted by molar-refractivity contribution is -0.127. The van der Waals surface area contributed by atoms with Crippen LogP contribution in [0, 0.1) is 0 Å². The van der Waals surface area contributed by atoms with Crippen LogP contribution in [-0.4, -0.2) is 23.8 Å². The van der Waals surface area contributed by atoms with E-state index in [0.717, 1.165) is 12.8 Å². The van der Waals surface area contributed by atoms with Gasteiger partial charge in [-0.1, -0.05) is 6.92 Å². The van der Waals surface area contributed by atoms with E-state index >= 15 is 0 Å². The number of hydrogen-bond donors (Lipinski definition) is 1. The zero-order valence-electron chi connectivity index (χ0n) is 11.3. The Morgan fingerprint density at radius 2 is 1.95 bits per heavy atom. The molecule has 0 spiro atoms. The molecule has 0 unspecified atom stereocenters. The van der Waals surface area contributed by atoms with E-state index in [1.54, 1.807) is 31.2 Å². The molecule has 1 aliphatic carbocycles. The topological polar surface area (TPSA) is 55.4 Å². The van der Waals surface area contributed by atoms with Crippen LogP contribution in [0.1, 0.15) is 43.5 Å². The van der Waals surface area contributed by atoms with Gasteiger partial charge in [0.15, 0.2) is 11.9 Å². The van der Waals surface area contributed by atoms with E-state index < -0.39 is 6.10 Å². The summed E-state index contributed by atoms with van der Waals surface area (Å²) in [5.41, 5.74) is 0.671. The molecule has 19 heavy (non-hydrogen) atoms. The summed E-state index contributed by atoms with van der Waals surface area (Å²) in [4.78, 5) is 23.2. The smallest absolute Gasteiger partial charge is 0.260 e. The van der Waals surface area contributed by atoms with Gasteiger partial charge < -0.3 is 10.1 Å². The first kappa shape index (κ1) is 13.6. The van der Waals surface area contributed by atoms with Gasteiger partial charge in [0.1, 0.15) is 5.75 Å². The second kappa shape index (κ2) is 5.87. The Kier molecular flexibility index (Phi) is 4.20. The zero-order chi connectivity index (χ0) is 13.8. The first-order valence-corrected chi connectivity index (χ1v) is 6.70. The Hall–Kier alpha value is -1.84. The fraction of sp³-hybridized carbons (Fsp3) is 0.467. The molecule has 0 saturated heterocycles. The molecule has 1 saturated carbocycles. The number of ketones is 1. The molecule has 1 aromatic rings. The van der Waals surface area contributed by atoms with Gasteiger partial charge in [0.2, 0.25) is 0 Å². The van der Waals surface area contributed by atoms with E-state index in [9.17, 15) is 9.59 Å². The number of benzene rings is 1. The number of carbonyl (C=O) groups is 2. The van der Waals surface area contributed by atoms with Crippen molar-refractivity contribution in [1.29, 1.82) is 0 Å². The lowest BCUT2D eigenvalue weighted by Crippen LogP contribution is -2.37. The first-order chi connectivity index (χ1) is 9.10. The number of nitrogens with one attached hydrogen (secondary N) is 1. The third-order valence-electron chi connectivity index (χ3n) is 3.10. The summed E-state index contributed by atoms with van der Waals surface area (Å²) >= 11 is 0. The molecule has 1 amide bonds. The van der Waals surface area contributed by atoms with Gasteiger partial charge in [0.25, 0.3) is 5.91 Å². The summed E-state index contributed by atoms with van der Waals surface area (Å²) < 4.78 is 5.55. The van der Waals surface area contributed by atoms with Crippen LogP contribution in [0.3, 0.4) is 0 Å². The fourth-order valence-corrected chi connectivity index (χ4v) is 1.73. The molecule has 102 valence electrons. The summed E-state index contributed by atoms with van der Waals surface area (Å²) in [6.45, 7) is 3.56. The highest BCUT2D eigenvalue weighted by molar-refractivity contribution is 5.95. The van der Waals surface area contributed by atoms with E-state index in [4.69, 9.17) is 4.74 Å². The third kappa shape index (κ3) is 3.81. The molecule has 0 aromatic heterocycles. The third-order valence-corrected chi connectivity index (χ3v) is 3.10. The second-order valence-electron chi connectivity index (χ2n) is 4.84. The van der Waals surface area contributed by atoms with Crippen molar-refractivity contribution >= 4 is 11.7 Å². The van der Waals surface area contributed by atoms with Crippen LogP contribution in [0.5, 0.6) is 5.75 Å². The van der Waals surface area contributed by atoms with Gasteiger partial charge in [-0.15, -0.1) is 0 Å². The number of Topliss-reactive ketones (excluding diaryl/α,β-unsaturated/α-hetero) is 1. The minimum absolute atomic E-state index is 0.0868. The van der Waals surface area contributed by atoms with Crippen molar-refractivity contribution in [2.24, 2.45) is 0 Å². The van der Waals surface area contributed by atoms with E-state index in [1.165, 1.54) is 0 Å². The second-order valence-corrected chi connectivity index (χ2v) is 4.84. The summed E-state index contributed by atoms with van der Waals surface area (Å²) in [5.74, 6) is 0.619. The molecule has 2 rings (SSSR count). The van der Waals surface area contributed by atoms with E-state index in [1.807, 2.05) is 6.92 Å². The van der Waals surface area contributed by atoms with Crippen molar-refractivity contribution in [2.75, 3.05) is 0 Å². The number of ether oxygens (including phenoxy) is 1. The lowest BCUT2D eigenvalue weighted by atomic mass is 10.1. The Labute approximate surface area is 113 Å². The van der Waals surface area contributed by atoms with Crippen molar-refractivity contribution in [2.45, 2.75) is 45.3 Å². The molecule has 0 aliphatic heterocycles. The summed E-state index contributed by atoms with van der Waals surface area (Å²) in [6.07, 6.45) is 2.09. The molecule has 1 fully saturated rings. The van der Waals surface area contributed by atoms with Crippen LogP contribution in [0.15, 0.2) is 24.3 Å². The molecule has 1 N–H and O–H groups in total. The lowest BCUT2D eigenvalue weighted by Gasteiger charge is -2.14. The maximum absolute atomic E-state index is 11.7. The summed E-state index contributed by atoms with van der Waals surface area (Å²) in [5, 5.41) is 2.89. The quantitative estimate of drug-likeness (QED) is 0.800. The van der Waals surface area contributed by atoms with Crippen molar-refractivity contribution in [3.63, 3.8) is 0 Å². The number of hydrogen-bond acceptors (Lipinski definition) is 3. The molecular weight excluding hydrogens is 242 g/mol. The normalized spacial score (nSPS) is 15.7. The zero-order valence-corrected chi connectivity index (χ0v) is 11.3. The van der Waals surface area contributed by atoms with Gasteiger partial charge >= 0.3 is 0 Å². The van der Waals surface area contributed by atoms with Crippen LogP contribution >= 0.6 is 0 Å². The summed E-state index contributed by atoms with van der Waals surface area (Å²) in [6, 6.07) is 7.25. The Balaban J connectivity index is 1.90. The average Bonchev–Trinajstić information content (AvgIpc) is 3.22. The highest BCUT2D eigenvalue weighted by Gasteiger charge is 2.26. The van der Waals surface area contributed by atoms with Crippen LogP contribution in [0.2, 0.25) is 0 Å². The SMILES string of the molecule is CCC(=O)c1ccc(O[C@@H](C)C(=O)NC2CC2)cc1. The minimum Gasteiger partial charge on any atom is -0.481 e. The molecule has 1 aromatic carbocycles. The maximum Gasteiger partial charge on any atom is 0.260 e. The Morgan fingerprint density at radius 3 is 2.47 bits per heavy atom. The van der Waals surface area contributed by atoms with Crippen LogP contribution in [-0.2, 0) is 4.79 Å². The maximum atomic E-state index is 11.7. The Bertz CT molecular complexity index is 463. The molecule has 1 aliphatic rings. The molecule has 4 heteroatoms. The highest BCUT2D eigenvalue weighted by Crippen LogP contribution is 2.19. The van der Waals surface area contributed by atoms with Crippen molar-refractivity contribution in [1.82, 2.24) is 5.32 Å². The highest BCUT2D eigenvalue weighted by atomic mass is 16.5. The van der Waals surface area contributed by atoms with Gasteiger partial charge in [-0.2, -0.15) is 0 Å². The van der Waals surface area contributed by atoms with Gasteiger partial charge in [0, 0.05) is 18.0 Å².